The van der Waals surface area contributed by atoms with E-state index in [0.29, 0.717) is 0 Å². The van der Waals surface area contributed by atoms with Crippen molar-refractivity contribution in [3.8, 4) is 0 Å². The quantitative estimate of drug-likeness (QED) is 0.828. The third-order valence-electron chi connectivity index (χ3n) is 2.30. The highest BCUT2D eigenvalue weighted by Crippen LogP contribution is 2.29. The summed E-state index contributed by atoms with van der Waals surface area (Å²) < 4.78 is 0. The fourth-order valence-corrected chi connectivity index (χ4v) is 2.23. The van der Waals surface area contributed by atoms with Gasteiger partial charge < -0.3 is 10.4 Å². The van der Waals surface area contributed by atoms with Gasteiger partial charge in [0.25, 0.3) is 0 Å². The molecule has 1 aromatic heterocycles. The zero-order chi connectivity index (χ0) is 11.5. The van der Waals surface area contributed by atoms with E-state index in [2.05, 4.69) is 38.2 Å². The van der Waals surface area contributed by atoms with Gasteiger partial charge in [-0.3, -0.25) is 0 Å². The van der Waals surface area contributed by atoms with Crippen LogP contribution in [-0.2, 0) is 12.0 Å². The van der Waals surface area contributed by atoms with Crippen molar-refractivity contribution in [1.29, 1.82) is 0 Å². The van der Waals surface area contributed by atoms with E-state index in [4.69, 9.17) is 5.11 Å². The van der Waals surface area contributed by atoms with Crippen molar-refractivity contribution in [3.63, 3.8) is 0 Å². The first-order valence-electron chi connectivity index (χ1n) is 5.37. The highest BCUT2D eigenvalue weighted by atomic mass is 32.1. The van der Waals surface area contributed by atoms with Crippen LogP contribution in [0.25, 0.3) is 0 Å². The molecule has 1 unspecified atom stereocenters. The summed E-state index contributed by atoms with van der Waals surface area (Å²) in [7, 11) is 0. The molecule has 0 radical (unpaired) electrons. The van der Waals surface area contributed by atoms with E-state index >= 15 is 0 Å². The van der Waals surface area contributed by atoms with E-state index < -0.39 is 0 Å². The summed E-state index contributed by atoms with van der Waals surface area (Å²) in [6, 6.07) is 4.54. The smallest absolute Gasteiger partial charge is 0.0582 e. The predicted molar refractivity (Wildman–Crippen MR) is 66.4 cm³/mol. The Balaban J connectivity index is 2.54. The van der Waals surface area contributed by atoms with Gasteiger partial charge in [-0.15, -0.1) is 11.3 Å². The van der Waals surface area contributed by atoms with Crippen LogP contribution in [0.4, 0.5) is 0 Å². The van der Waals surface area contributed by atoms with Gasteiger partial charge in [-0.05, 0) is 24.5 Å². The Labute approximate surface area is 96.3 Å². The van der Waals surface area contributed by atoms with Crippen molar-refractivity contribution in [2.45, 2.75) is 45.7 Å². The lowest BCUT2D eigenvalue weighted by Gasteiger charge is -2.15. The average molecular weight is 227 g/mol. The van der Waals surface area contributed by atoms with Crippen LogP contribution >= 0.6 is 11.3 Å². The minimum atomic E-state index is 0.171. The van der Waals surface area contributed by atoms with Crippen LogP contribution in [0.2, 0.25) is 0 Å². The zero-order valence-corrected chi connectivity index (χ0v) is 10.8. The lowest BCUT2D eigenvalue weighted by atomic mass is 9.95. The Morgan fingerprint density at radius 2 is 2.07 bits per heavy atom. The molecule has 0 aliphatic heterocycles. The summed E-state index contributed by atoms with van der Waals surface area (Å²) in [4.78, 5) is 2.75. The third kappa shape index (κ3) is 3.93. The summed E-state index contributed by atoms with van der Waals surface area (Å²) in [5, 5.41) is 12.2. The fraction of sp³-hybridized carbons (Fsp3) is 0.667. The summed E-state index contributed by atoms with van der Waals surface area (Å²) in [6.07, 6.45) is 0. The van der Waals surface area contributed by atoms with Crippen LogP contribution in [0.3, 0.4) is 0 Å². The molecule has 0 aromatic carbocycles. The SMILES string of the molecule is CC(CO)NCc1ccc(C(C)(C)C)s1. The molecular weight excluding hydrogens is 206 g/mol. The Bertz CT molecular complexity index is 301. The van der Waals surface area contributed by atoms with Crippen molar-refractivity contribution in [3.05, 3.63) is 21.9 Å². The molecule has 0 spiro atoms. The molecule has 0 aliphatic rings. The standard InChI is InChI=1S/C12H21NOS/c1-9(8-14)13-7-10-5-6-11(15-10)12(2,3)4/h5-6,9,13-14H,7-8H2,1-4H3. The first kappa shape index (κ1) is 12.7. The van der Waals surface area contributed by atoms with Crippen LogP contribution < -0.4 is 5.32 Å². The van der Waals surface area contributed by atoms with Gasteiger partial charge in [0.2, 0.25) is 0 Å². The van der Waals surface area contributed by atoms with Gasteiger partial charge in [-0.25, -0.2) is 0 Å². The van der Waals surface area contributed by atoms with Gasteiger partial charge >= 0.3 is 0 Å². The van der Waals surface area contributed by atoms with E-state index in [1.807, 2.05) is 18.3 Å². The second kappa shape index (κ2) is 5.10. The van der Waals surface area contributed by atoms with Crippen molar-refractivity contribution in [2.24, 2.45) is 0 Å². The fourth-order valence-electron chi connectivity index (χ4n) is 1.22. The molecule has 0 aliphatic carbocycles. The van der Waals surface area contributed by atoms with Crippen LogP contribution in [-0.4, -0.2) is 17.8 Å². The van der Waals surface area contributed by atoms with Crippen molar-refractivity contribution in [1.82, 2.24) is 5.32 Å². The zero-order valence-electron chi connectivity index (χ0n) is 10.0. The average Bonchev–Trinajstić information content (AvgIpc) is 2.61. The van der Waals surface area contributed by atoms with Gasteiger partial charge in [0.05, 0.1) is 6.61 Å². The Morgan fingerprint density at radius 3 is 2.53 bits per heavy atom. The monoisotopic (exact) mass is 227 g/mol. The summed E-state index contributed by atoms with van der Waals surface area (Å²) in [6.45, 7) is 9.71. The van der Waals surface area contributed by atoms with Gasteiger partial charge in [0, 0.05) is 22.3 Å². The lowest BCUT2D eigenvalue weighted by molar-refractivity contribution is 0.251. The summed E-state index contributed by atoms with van der Waals surface area (Å²) in [5.74, 6) is 0. The summed E-state index contributed by atoms with van der Waals surface area (Å²) >= 11 is 1.85. The molecule has 0 amide bonds. The number of hydrogen-bond acceptors (Lipinski definition) is 3. The predicted octanol–water partition coefficient (Wildman–Crippen LogP) is 2.52. The van der Waals surface area contributed by atoms with E-state index in [9.17, 15) is 0 Å². The van der Waals surface area contributed by atoms with Gasteiger partial charge in [-0.2, -0.15) is 0 Å². The first-order chi connectivity index (χ1) is 6.93. The Hall–Kier alpha value is -0.380. The molecule has 1 rings (SSSR count). The van der Waals surface area contributed by atoms with Crippen LogP contribution in [0.1, 0.15) is 37.4 Å². The van der Waals surface area contributed by atoms with Gasteiger partial charge in [0.1, 0.15) is 0 Å². The Morgan fingerprint density at radius 1 is 1.40 bits per heavy atom. The second-order valence-corrected chi connectivity index (χ2v) is 6.15. The lowest BCUT2D eigenvalue weighted by Crippen LogP contribution is -2.28. The largest absolute Gasteiger partial charge is 0.395 e. The molecule has 0 fully saturated rings. The molecule has 15 heavy (non-hydrogen) atoms. The molecule has 1 atom stereocenters. The molecule has 2 N–H and O–H groups in total. The number of aliphatic hydroxyl groups excluding tert-OH is 1. The van der Waals surface area contributed by atoms with Crippen LogP contribution in [0.15, 0.2) is 12.1 Å². The van der Waals surface area contributed by atoms with E-state index in [1.165, 1.54) is 9.75 Å². The third-order valence-corrected chi connectivity index (χ3v) is 3.81. The topological polar surface area (TPSA) is 32.3 Å². The highest BCUT2D eigenvalue weighted by Gasteiger charge is 2.15. The molecule has 0 saturated carbocycles. The summed E-state index contributed by atoms with van der Waals surface area (Å²) in [5.41, 5.74) is 0.242. The van der Waals surface area contributed by atoms with Gasteiger partial charge in [0.15, 0.2) is 0 Å². The number of thiophene rings is 1. The molecule has 0 bridgehead atoms. The van der Waals surface area contributed by atoms with Crippen molar-refractivity contribution < 1.29 is 5.11 Å². The van der Waals surface area contributed by atoms with Crippen LogP contribution in [0, 0.1) is 0 Å². The van der Waals surface area contributed by atoms with Crippen molar-refractivity contribution >= 4 is 11.3 Å². The second-order valence-electron chi connectivity index (χ2n) is 4.98. The maximum absolute atomic E-state index is 8.89. The molecular formula is C12H21NOS. The minimum Gasteiger partial charge on any atom is -0.395 e. The molecule has 3 heteroatoms. The number of aliphatic hydroxyl groups is 1. The molecule has 0 saturated heterocycles. The molecule has 1 aromatic rings. The normalized spacial score (nSPS) is 14.2. The number of nitrogens with one attached hydrogen (secondary N) is 1. The molecule has 86 valence electrons. The van der Waals surface area contributed by atoms with Gasteiger partial charge in [-0.1, -0.05) is 20.8 Å². The van der Waals surface area contributed by atoms with E-state index in [0.717, 1.165) is 6.54 Å². The molecule has 1 heterocycles. The van der Waals surface area contributed by atoms with Crippen molar-refractivity contribution in [2.75, 3.05) is 6.61 Å². The maximum Gasteiger partial charge on any atom is 0.0582 e. The minimum absolute atomic E-state index is 0.171. The molecule has 2 nitrogen and oxygen atoms in total. The van der Waals surface area contributed by atoms with E-state index in [-0.39, 0.29) is 18.1 Å². The number of rotatable bonds is 4. The number of hydrogen-bond donors (Lipinski definition) is 2. The highest BCUT2D eigenvalue weighted by molar-refractivity contribution is 7.12. The van der Waals surface area contributed by atoms with E-state index in [1.54, 1.807) is 0 Å². The maximum atomic E-state index is 8.89. The first-order valence-corrected chi connectivity index (χ1v) is 6.18. The van der Waals surface area contributed by atoms with Crippen LogP contribution in [0.5, 0.6) is 0 Å². The Kier molecular flexibility index (Phi) is 4.32.